The summed E-state index contributed by atoms with van der Waals surface area (Å²) in [7, 11) is 0. The second-order valence-corrected chi connectivity index (χ2v) is 8.75. The van der Waals surface area contributed by atoms with E-state index in [2.05, 4.69) is 6.92 Å². The maximum atomic E-state index is 15.1. The van der Waals surface area contributed by atoms with Crippen LogP contribution in [0.1, 0.15) is 47.6 Å². The SMILES string of the molecule is CCCCc1ccc(CCc2ccc3c(F)c(CCc4ccc(F)cc4)ccc3c2)c(F)c1. The lowest BCUT2D eigenvalue weighted by Crippen LogP contribution is -1.98. The van der Waals surface area contributed by atoms with Crippen molar-refractivity contribution in [1.82, 2.24) is 0 Å². The van der Waals surface area contributed by atoms with E-state index in [-0.39, 0.29) is 17.5 Å². The molecule has 0 aliphatic rings. The second-order valence-electron chi connectivity index (χ2n) is 8.75. The van der Waals surface area contributed by atoms with Crippen molar-refractivity contribution in [2.24, 2.45) is 0 Å². The first-order valence-electron chi connectivity index (χ1n) is 11.7. The van der Waals surface area contributed by atoms with Gasteiger partial charge in [0.15, 0.2) is 0 Å². The van der Waals surface area contributed by atoms with Gasteiger partial charge >= 0.3 is 0 Å². The Kier molecular flexibility index (Phi) is 7.49. The van der Waals surface area contributed by atoms with Crippen LogP contribution in [0.2, 0.25) is 0 Å². The molecule has 0 heterocycles. The van der Waals surface area contributed by atoms with Crippen LogP contribution in [0.3, 0.4) is 0 Å². The van der Waals surface area contributed by atoms with Crippen molar-refractivity contribution in [2.45, 2.75) is 51.9 Å². The normalized spacial score (nSPS) is 11.3. The molecular weight excluding hydrogens is 417 g/mol. The van der Waals surface area contributed by atoms with Gasteiger partial charge < -0.3 is 0 Å². The summed E-state index contributed by atoms with van der Waals surface area (Å²) in [4.78, 5) is 0. The number of unbranched alkanes of at least 4 members (excludes halogenated alkanes) is 1. The van der Waals surface area contributed by atoms with Crippen molar-refractivity contribution in [3.05, 3.63) is 118 Å². The summed E-state index contributed by atoms with van der Waals surface area (Å²) in [5, 5.41) is 1.45. The summed E-state index contributed by atoms with van der Waals surface area (Å²) in [6, 6.07) is 21.5. The summed E-state index contributed by atoms with van der Waals surface area (Å²) in [6.07, 6.45) is 5.61. The molecule has 0 aromatic heterocycles. The minimum absolute atomic E-state index is 0.138. The van der Waals surface area contributed by atoms with E-state index in [1.54, 1.807) is 18.2 Å². The van der Waals surface area contributed by atoms with Gasteiger partial charge in [-0.05, 0) is 89.9 Å². The molecule has 170 valence electrons. The largest absolute Gasteiger partial charge is 0.207 e. The number of hydrogen-bond acceptors (Lipinski definition) is 0. The molecule has 0 atom stereocenters. The van der Waals surface area contributed by atoms with Crippen molar-refractivity contribution >= 4 is 10.8 Å². The fraction of sp³-hybridized carbons (Fsp3) is 0.267. The number of aryl methyl sites for hydroxylation is 5. The average Bonchev–Trinajstić information content (AvgIpc) is 2.82. The second kappa shape index (κ2) is 10.7. The third-order valence-corrected chi connectivity index (χ3v) is 6.31. The van der Waals surface area contributed by atoms with E-state index >= 15 is 4.39 Å². The molecule has 0 N–H and O–H groups in total. The highest BCUT2D eigenvalue weighted by Gasteiger charge is 2.10. The van der Waals surface area contributed by atoms with Crippen LogP contribution in [-0.4, -0.2) is 0 Å². The molecule has 0 unspecified atom stereocenters. The molecule has 4 aromatic carbocycles. The number of benzene rings is 4. The first-order valence-corrected chi connectivity index (χ1v) is 11.7. The van der Waals surface area contributed by atoms with Crippen LogP contribution in [-0.2, 0) is 32.1 Å². The number of halogens is 3. The van der Waals surface area contributed by atoms with Gasteiger partial charge in [0.25, 0.3) is 0 Å². The van der Waals surface area contributed by atoms with Gasteiger partial charge in [-0.3, -0.25) is 0 Å². The Morgan fingerprint density at radius 3 is 1.97 bits per heavy atom. The van der Waals surface area contributed by atoms with Gasteiger partial charge in [-0.25, -0.2) is 13.2 Å². The predicted molar refractivity (Wildman–Crippen MR) is 130 cm³/mol. The van der Waals surface area contributed by atoms with Crippen LogP contribution >= 0.6 is 0 Å². The van der Waals surface area contributed by atoms with Crippen LogP contribution in [0.15, 0.2) is 72.8 Å². The van der Waals surface area contributed by atoms with E-state index in [0.717, 1.165) is 46.9 Å². The molecule has 0 spiro atoms. The molecule has 0 fully saturated rings. The number of fused-ring (bicyclic) bond motifs is 1. The highest BCUT2D eigenvalue weighted by Crippen LogP contribution is 2.25. The number of hydrogen-bond donors (Lipinski definition) is 0. The van der Waals surface area contributed by atoms with E-state index in [1.165, 1.54) is 12.1 Å². The van der Waals surface area contributed by atoms with Gasteiger partial charge in [-0.15, -0.1) is 0 Å². The Morgan fingerprint density at radius 2 is 1.21 bits per heavy atom. The van der Waals surface area contributed by atoms with Gasteiger partial charge in [0.05, 0.1) is 0 Å². The van der Waals surface area contributed by atoms with Crippen molar-refractivity contribution in [3.63, 3.8) is 0 Å². The Balaban J connectivity index is 1.43. The highest BCUT2D eigenvalue weighted by atomic mass is 19.1. The fourth-order valence-electron chi connectivity index (χ4n) is 4.27. The van der Waals surface area contributed by atoms with E-state index in [9.17, 15) is 8.78 Å². The first kappa shape index (κ1) is 23.1. The zero-order chi connectivity index (χ0) is 23.2. The average molecular weight is 447 g/mol. The van der Waals surface area contributed by atoms with Crippen LogP contribution in [0, 0.1) is 17.5 Å². The predicted octanol–water partition coefficient (Wildman–Crippen LogP) is 8.17. The molecule has 4 rings (SSSR count). The molecule has 33 heavy (non-hydrogen) atoms. The Bertz CT molecular complexity index is 1230. The molecule has 4 aromatic rings. The van der Waals surface area contributed by atoms with Gasteiger partial charge in [-0.2, -0.15) is 0 Å². The molecule has 0 nitrogen and oxygen atoms in total. The summed E-state index contributed by atoms with van der Waals surface area (Å²) in [5.41, 5.74) is 4.48. The smallest absolute Gasteiger partial charge is 0.134 e. The third kappa shape index (κ3) is 5.84. The fourth-order valence-corrected chi connectivity index (χ4v) is 4.27. The molecular formula is C30H29F3. The molecule has 0 saturated carbocycles. The molecule has 0 radical (unpaired) electrons. The van der Waals surface area contributed by atoms with Crippen molar-refractivity contribution < 1.29 is 13.2 Å². The van der Waals surface area contributed by atoms with Gasteiger partial charge in [0, 0.05) is 5.39 Å². The maximum absolute atomic E-state index is 15.1. The Morgan fingerprint density at radius 1 is 0.576 bits per heavy atom. The number of rotatable bonds is 9. The third-order valence-electron chi connectivity index (χ3n) is 6.31. The molecule has 0 aliphatic heterocycles. The molecule has 0 bridgehead atoms. The molecule has 0 aliphatic carbocycles. The van der Waals surface area contributed by atoms with Gasteiger partial charge in [0.2, 0.25) is 0 Å². The Labute approximate surface area is 194 Å². The Hall–Kier alpha value is -3.07. The van der Waals surface area contributed by atoms with E-state index in [0.29, 0.717) is 36.6 Å². The van der Waals surface area contributed by atoms with Crippen LogP contribution < -0.4 is 0 Å². The van der Waals surface area contributed by atoms with Crippen LogP contribution in [0.25, 0.3) is 10.8 Å². The monoisotopic (exact) mass is 446 g/mol. The molecule has 0 amide bonds. The quantitative estimate of drug-likeness (QED) is 0.243. The van der Waals surface area contributed by atoms with Crippen molar-refractivity contribution in [1.29, 1.82) is 0 Å². The van der Waals surface area contributed by atoms with E-state index in [1.807, 2.05) is 42.5 Å². The maximum Gasteiger partial charge on any atom is 0.134 e. The van der Waals surface area contributed by atoms with E-state index in [4.69, 9.17) is 0 Å². The minimum atomic E-state index is -0.266. The lowest BCUT2D eigenvalue weighted by molar-refractivity contribution is 0.605. The van der Waals surface area contributed by atoms with Gasteiger partial charge in [-0.1, -0.05) is 67.9 Å². The van der Waals surface area contributed by atoms with Crippen LogP contribution in [0.4, 0.5) is 13.2 Å². The van der Waals surface area contributed by atoms with Crippen molar-refractivity contribution in [3.8, 4) is 0 Å². The minimum Gasteiger partial charge on any atom is -0.207 e. The zero-order valence-electron chi connectivity index (χ0n) is 19.0. The van der Waals surface area contributed by atoms with E-state index < -0.39 is 0 Å². The molecule has 3 heteroatoms. The van der Waals surface area contributed by atoms with Gasteiger partial charge in [0.1, 0.15) is 17.5 Å². The zero-order valence-corrected chi connectivity index (χ0v) is 19.0. The summed E-state index contributed by atoms with van der Waals surface area (Å²) < 4.78 is 42.6. The topological polar surface area (TPSA) is 0 Å². The summed E-state index contributed by atoms with van der Waals surface area (Å²) >= 11 is 0. The summed E-state index contributed by atoms with van der Waals surface area (Å²) in [6.45, 7) is 2.13. The summed E-state index contributed by atoms with van der Waals surface area (Å²) in [5.74, 6) is -0.603. The van der Waals surface area contributed by atoms with Crippen molar-refractivity contribution in [2.75, 3.05) is 0 Å². The lowest BCUT2D eigenvalue weighted by atomic mass is 9.97. The standard InChI is InChI=1S/C30H29F3/c1-2-3-4-22-6-11-24(29(32)20-22)12-7-23-10-18-28-26(19-23)15-14-25(30(28)33)13-5-21-8-16-27(31)17-9-21/h6,8-11,14-20H,2-5,7,12-13H2,1H3. The first-order chi connectivity index (χ1) is 16.0. The highest BCUT2D eigenvalue weighted by molar-refractivity contribution is 5.84. The molecule has 0 saturated heterocycles. The van der Waals surface area contributed by atoms with Crippen LogP contribution in [0.5, 0.6) is 0 Å². The lowest BCUT2D eigenvalue weighted by Gasteiger charge is -2.10.